The number of hydrogen-bond donors (Lipinski definition) is 0. The zero-order valence-electron chi connectivity index (χ0n) is 14.7. The summed E-state index contributed by atoms with van der Waals surface area (Å²) in [5.74, 6) is 0.981. The highest BCUT2D eigenvalue weighted by Gasteiger charge is 2.22. The second-order valence-electron chi connectivity index (χ2n) is 6.28. The lowest BCUT2D eigenvalue weighted by molar-refractivity contribution is -0.130. The lowest BCUT2D eigenvalue weighted by Gasteiger charge is -2.37. The second kappa shape index (κ2) is 7.79. The number of amides is 1. The molecule has 1 amide bonds. The van der Waals surface area contributed by atoms with Crippen LogP contribution in [0.3, 0.4) is 0 Å². The Morgan fingerprint density at radius 1 is 1.08 bits per heavy atom. The van der Waals surface area contributed by atoms with Gasteiger partial charge in [-0.25, -0.2) is 0 Å². The summed E-state index contributed by atoms with van der Waals surface area (Å²) in [5.41, 5.74) is 3.27. The number of carbonyl (C=O) groups excluding carboxylic acids is 1. The Balaban J connectivity index is 1.57. The Labute approximate surface area is 154 Å². The molecular formula is C20H23ClN2O2. The third-order valence-corrected chi connectivity index (χ3v) is 5.14. The Morgan fingerprint density at radius 3 is 2.40 bits per heavy atom. The van der Waals surface area contributed by atoms with Crippen LogP contribution in [0.25, 0.3) is 0 Å². The van der Waals surface area contributed by atoms with E-state index < -0.39 is 0 Å². The maximum Gasteiger partial charge on any atom is 0.227 e. The third-order valence-electron chi connectivity index (χ3n) is 4.73. The van der Waals surface area contributed by atoms with E-state index in [-0.39, 0.29) is 5.91 Å². The number of piperazine rings is 1. The summed E-state index contributed by atoms with van der Waals surface area (Å²) >= 11 is 6.22. The molecule has 2 aromatic rings. The van der Waals surface area contributed by atoms with Gasteiger partial charge >= 0.3 is 0 Å². The van der Waals surface area contributed by atoms with Gasteiger partial charge in [-0.2, -0.15) is 0 Å². The van der Waals surface area contributed by atoms with Gasteiger partial charge in [0.1, 0.15) is 5.75 Å². The first-order valence-electron chi connectivity index (χ1n) is 8.49. The Bertz CT molecular complexity index is 738. The first-order chi connectivity index (χ1) is 12.1. The molecule has 4 nitrogen and oxygen atoms in total. The SMILES string of the molecule is COc1ccc(CC(=O)N2CCN(c3cccc(Cl)c3C)CC2)cc1. The molecule has 1 aliphatic rings. The molecule has 1 heterocycles. The lowest BCUT2D eigenvalue weighted by Crippen LogP contribution is -2.49. The van der Waals surface area contributed by atoms with Crippen LogP contribution in [0, 0.1) is 6.92 Å². The number of ether oxygens (including phenoxy) is 1. The van der Waals surface area contributed by atoms with Crippen molar-refractivity contribution in [2.75, 3.05) is 38.2 Å². The molecule has 0 bridgehead atoms. The molecule has 1 aliphatic heterocycles. The topological polar surface area (TPSA) is 32.8 Å². The van der Waals surface area contributed by atoms with Gasteiger partial charge in [-0.05, 0) is 42.3 Å². The summed E-state index contributed by atoms with van der Waals surface area (Å²) in [6.07, 6.45) is 0.431. The van der Waals surface area contributed by atoms with E-state index in [9.17, 15) is 4.79 Å². The van der Waals surface area contributed by atoms with Gasteiger partial charge in [0.25, 0.3) is 0 Å². The minimum atomic E-state index is 0.174. The van der Waals surface area contributed by atoms with Crippen LogP contribution in [-0.2, 0) is 11.2 Å². The molecule has 0 atom stereocenters. The molecule has 0 radical (unpaired) electrons. The van der Waals surface area contributed by atoms with Crippen LogP contribution >= 0.6 is 11.6 Å². The Morgan fingerprint density at radius 2 is 1.76 bits per heavy atom. The number of carbonyl (C=O) groups is 1. The first-order valence-corrected chi connectivity index (χ1v) is 8.87. The molecule has 1 saturated heterocycles. The highest BCUT2D eigenvalue weighted by atomic mass is 35.5. The highest BCUT2D eigenvalue weighted by Crippen LogP contribution is 2.27. The Kier molecular flexibility index (Phi) is 5.49. The van der Waals surface area contributed by atoms with Crippen molar-refractivity contribution in [1.29, 1.82) is 0 Å². The summed E-state index contributed by atoms with van der Waals surface area (Å²) in [4.78, 5) is 16.8. The number of benzene rings is 2. The Hall–Kier alpha value is -2.20. The quantitative estimate of drug-likeness (QED) is 0.838. The van der Waals surface area contributed by atoms with Gasteiger partial charge in [0.15, 0.2) is 0 Å². The van der Waals surface area contributed by atoms with E-state index in [1.54, 1.807) is 7.11 Å². The van der Waals surface area contributed by atoms with Crippen molar-refractivity contribution in [2.24, 2.45) is 0 Å². The minimum absolute atomic E-state index is 0.174. The maximum absolute atomic E-state index is 12.5. The van der Waals surface area contributed by atoms with E-state index in [1.807, 2.05) is 48.2 Å². The van der Waals surface area contributed by atoms with Crippen LogP contribution < -0.4 is 9.64 Å². The van der Waals surface area contributed by atoms with Crippen LogP contribution in [0.1, 0.15) is 11.1 Å². The third kappa shape index (κ3) is 4.07. The first kappa shape index (κ1) is 17.6. The monoisotopic (exact) mass is 358 g/mol. The molecular weight excluding hydrogens is 336 g/mol. The number of nitrogens with zero attached hydrogens (tertiary/aromatic N) is 2. The number of rotatable bonds is 4. The van der Waals surface area contributed by atoms with Crippen molar-refractivity contribution in [3.05, 3.63) is 58.6 Å². The predicted molar refractivity (Wildman–Crippen MR) is 102 cm³/mol. The fraction of sp³-hybridized carbons (Fsp3) is 0.350. The summed E-state index contributed by atoms with van der Waals surface area (Å²) < 4.78 is 5.15. The maximum atomic E-state index is 12.5. The molecule has 1 fully saturated rings. The molecule has 0 unspecified atom stereocenters. The number of methoxy groups -OCH3 is 1. The minimum Gasteiger partial charge on any atom is -0.497 e. The van der Waals surface area contributed by atoms with Crippen LogP contribution in [0.4, 0.5) is 5.69 Å². The van der Waals surface area contributed by atoms with E-state index in [0.29, 0.717) is 6.42 Å². The number of hydrogen-bond acceptors (Lipinski definition) is 3. The molecule has 0 spiro atoms. The largest absolute Gasteiger partial charge is 0.497 e. The normalized spacial score (nSPS) is 14.5. The van der Waals surface area contributed by atoms with Crippen molar-refractivity contribution in [3.8, 4) is 5.75 Å². The zero-order chi connectivity index (χ0) is 17.8. The predicted octanol–water partition coefficient (Wildman–Crippen LogP) is 3.55. The van der Waals surface area contributed by atoms with E-state index in [1.165, 1.54) is 0 Å². The van der Waals surface area contributed by atoms with Gasteiger partial charge in [0.2, 0.25) is 5.91 Å². The highest BCUT2D eigenvalue weighted by molar-refractivity contribution is 6.31. The summed E-state index contributed by atoms with van der Waals surface area (Å²) in [7, 11) is 1.64. The van der Waals surface area contributed by atoms with Gasteiger partial charge in [-0.3, -0.25) is 4.79 Å². The van der Waals surface area contributed by atoms with E-state index in [4.69, 9.17) is 16.3 Å². The molecule has 132 valence electrons. The van der Waals surface area contributed by atoms with Gasteiger partial charge in [-0.1, -0.05) is 29.8 Å². The van der Waals surface area contributed by atoms with Crippen molar-refractivity contribution in [2.45, 2.75) is 13.3 Å². The van der Waals surface area contributed by atoms with Crippen LogP contribution in [0.2, 0.25) is 5.02 Å². The summed E-state index contributed by atoms with van der Waals surface area (Å²) in [6, 6.07) is 13.7. The number of halogens is 1. The molecule has 3 rings (SSSR count). The molecule has 25 heavy (non-hydrogen) atoms. The van der Waals surface area contributed by atoms with Crippen molar-refractivity contribution < 1.29 is 9.53 Å². The van der Waals surface area contributed by atoms with Crippen molar-refractivity contribution in [3.63, 3.8) is 0 Å². The summed E-state index contributed by atoms with van der Waals surface area (Å²) in [5, 5.41) is 0.788. The standard InChI is InChI=1S/C20H23ClN2O2/c1-15-18(21)4-3-5-19(15)22-10-12-23(13-11-22)20(24)14-16-6-8-17(25-2)9-7-16/h3-9H,10-14H2,1-2H3. The van der Waals surface area contributed by atoms with Gasteiger partial charge in [-0.15, -0.1) is 0 Å². The van der Waals surface area contributed by atoms with Crippen molar-refractivity contribution in [1.82, 2.24) is 4.90 Å². The van der Waals surface area contributed by atoms with Gasteiger partial charge in [0, 0.05) is 36.9 Å². The fourth-order valence-corrected chi connectivity index (χ4v) is 3.33. The van der Waals surface area contributed by atoms with Crippen LogP contribution in [-0.4, -0.2) is 44.1 Å². The van der Waals surface area contributed by atoms with Gasteiger partial charge in [0.05, 0.1) is 13.5 Å². The molecule has 0 saturated carbocycles. The van der Waals surface area contributed by atoms with Crippen molar-refractivity contribution >= 4 is 23.2 Å². The van der Waals surface area contributed by atoms with Crippen LogP contribution in [0.15, 0.2) is 42.5 Å². The van der Waals surface area contributed by atoms with Gasteiger partial charge < -0.3 is 14.5 Å². The molecule has 2 aromatic carbocycles. The van der Waals surface area contributed by atoms with Crippen LogP contribution in [0.5, 0.6) is 5.75 Å². The molecule has 0 aromatic heterocycles. The number of anilines is 1. The average molecular weight is 359 g/mol. The zero-order valence-corrected chi connectivity index (χ0v) is 15.4. The molecule has 0 N–H and O–H groups in total. The average Bonchev–Trinajstić information content (AvgIpc) is 2.65. The molecule has 0 aliphatic carbocycles. The second-order valence-corrected chi connectivity index (χ2v) is 6.68. The fourth-order valence-electron chi connectivity index (χ4n) is 3.17. The summed E-state index contributed by atoms with van der Waals surface area (Å²) in [6.45, 7) is 5.17. The molecule has 5 heteroatoms. The van der Waals surface area contributed by atoms with E-state index in [0.717, 1.165) is 53.8 Å². The lowest BCUT2D eigenvalue weighted by atomic mass is 10.1. The van der Waals surface area contributed by atoms with E-state index in [2.05, 4.69) is 11.0 Å². The smallest absolute Gasteiger partial charge is 0.227 e. The van der Waals surface area contributed by atoms with E-state index >= 15 is 0 Å².